The summed E-state index contributed by atoms with van der Waals surface area (Å²) in [6.07, 6.45) is 1.18. The summed E-state index contributed by atoms with van der Waals surface area (Å²) in [5, 5.41) is 2.53. The minimum absolute atomic E-state index is 0.0644. The molecule has 1 aromatic rings. The largest absolute Gasteiger partial charge is 0.455 e. The Balaban J connectivity index is 1.91. The van der Waals surface area contributed by atoms with Gasteiger partial charge in [0.2, 0.25) is 10.0 Å². The third-order valence-corrected chi connectivity index (χ3v) is 5.61. The molecule has 9 heteroatoms. The predicted octanol–water partition coefficient (Wildman–Crippen LogP) is 0.845. The van der Waals surface area contributed by atoms with E-state index in [0.29, 0.717) is 31.7 Å². The number of hydrogen-bond acceptors (Lipinski definition) is 6. The number of hydrogen-bond donors (Lipinski definition) is 1. The quantitative estimate of drug-likeness (QED) is 0.745. The number of nitrogens with zero attached hydrogens (tertiary/aromatic N) is 1. The van der Waals surface area contributed by atoms with Crippen LogP contribution in [0.25, 0.3) is 0 Å². The zero-order valence-electron chi connectivity index (χ0n) is 14.2. The van der Waals surface area contributed by atoms with Crippen LogP contribution in [-0.4, -0.2) is 58.5 Å². The van der Waals surface area contributed by atoms with Crippen LogP contribution in [0.15, 0.2) is 29.2 Å². The monoisotopic (exact) mass is 370 g/mol. The van der Waals surface area contributed by atoms with E-state index in [9.17, 15) is 18.0 Å². The maximum absolute atomic E-state index is 12.1. The van der Waals surface area contributed by atoms with Crippen molar-refractivity contribution < 1.29 is 27.5 Å². The Bertz CT molecular complexity index is 726. The third kappa shape index (κ3) is 5.25. The van der Waals surface area contributed by atoms with Gasteiger partial charge in [-0.3, -0.25) is 9.59 Å². The Labute approximate surface area is 147 Å². The fourth-order valence-electron chi connectivity index (χ4n) is 2.33. The van der Waals surface area contributed by atoms with Gasteiger partial charge in [0.1, 0.15) is 0 Å². The van der Waals surface area contributed by atoms with E-state index in [1.165, 1.54) is 32.3 Å². The molecule has 138 valence electrons. The molecule has 1 heterocycles. The third-order valence-electron chi connectivity index (χ3n) is 3.80. The molecule has 8 nitrogen and oxygen atoms in total. The fraction of sp³-hybridized carbons (Fsp3) is 0.500. The lowest BCUT2D eigenvalue weighted by atomic mass is 10.0. The second-order valence-corrected chi connectivity index (χ2v) is 8.01. The zero-order valence-corrected chi connectivity index (χ0v) is 15.0. The Morgan fingerprint density at radius 2 is 1.96 bits per heavy atom. The van der Waals surface area contributed by atoms with E-state index < -0.39 is 28.5 Å². The van der Waals surface area contributed by atoms with Crippen LogP contribution in [0.5, 0.6) is 0 Å². The van der Waals surface area contributed by atoms with Crippen molar-refractivity contribution in [2.75, 3.05) is 39.2 Å². The van der Waals surface area contributed by atoms with Gasteiger partial charge in [-0.25, -0.2) is 12.7 Å². The summed E-state index contributed by atoms with van der Waals surface area (Å²) in [5.41, 5.74) is 0.315. The van der Waals surface area contributed by atoms with Crippen molar-refractivity contribution in [3.8, 4) is 0 Å². The van der Waals surface area contributed by atoms with Crippen molar-refractivity contribution in [2.24, 2.45) is 5.92 Å². The van der Waals surface area contributed by atoms with Gasteiger partial charge in [-0.2, -0.15) is 0 Å². The predicted molar refractivity (Wildman–Crippen MR) is 90.4 cm³/mol. The second kappa shape index (κ2) is 8.41. The van der Waals surface area contributed by atoms with Gasteiger partial charge < -0.3 is 14.8 Å². The topological polar surface area (TPSA) is 102 Å². The highest BCUT2D eigenvalue weighted by Crippen LogP contribution is 2.18. The molecule has 25 heavy (non-hydrogen) atoms. The van der Waals surface area contributed by atoms with Crippen molar-refractivity contribution in [3.05, 3.63) is 24.3 Å². The first-order valence-corrected chi connectivity index (χ1v) is 9.31. The molecular formula is C16H22N2O6S. The number of carbonyl (C=O) groups is 2. The van der Waals surface area contributed by atoms with Crippen LogP contribution in [0, 0.1) is 5.92 Å². The summed E-state index contributed by atoms with van der Waals surface area (Å²) >= 11 is 0. The highest BCUT2D eigenvalue weighted by Gasteiger charge is 2.23. The van der Waals surface area contributed by atoms with Gasteiger partial charge in [0.25, 0.3) is 5.91 Å². The first-order valence-electron chi connectivity index (χ1n) is 7.87. The highest BCUT2D eigenvalue weighted by molar-refractivity contribution is 7.89. The van der Waals surface area contributed by atoms with E-state index in [1.54, 1.807) is 6.07 Å². The van der Waals surface area contributed by atoms with E-state index in [-0.39, 0.29) is 10.8 Å². The molecule has 1 aromatic carbocycles. The molecule has 0 aliphatic carbocycles. The van der Waals surface area contributed by atoms with Gasteiger partial charge in [0.05, 0.1) is 10.8 Å². The number of rotatable bonds is 6. The van der Waals surface area contributed by atoms with Gasteiger partial charge >= 0.3 is 5.97 Å². The molecular weight excluding hydrogens is 348 g/mol. The molecule has 0 unspecified atom stereocenters. The Morgan fingerprint density at radius 1 is 1.28 bits per heavy atom. The second-order valence-electron chi connectivity index (χ2n) is 5.86. The van der Waals surface area contributed by atoms with Crippen LogP contribution in [0.3, 0.4) is 0 Å². The van der Waals surface area contributed by atoms with Gasteiger partial charge in [0, 0.05) is 33.0 Å². The maximum atomic E-state index is 12.1. The molecule has 2 rings (SSSR count). The summed E-state index contributed by atoms with van der Waals surface area (Å²) in [4.78, 5) is 23.9. The number of carbonyl (C=O) groups excluding carboxylic acids is 2. The van der Waals surface area contributed by atoms with E-state index in [2.05, 4.69) is 5.32 Å². The molecule has 0 radical (unpaired) electrons. The van der Waals surface area contributed by atoms with Gasteiger partial charge in [-0.1, -0.05) is 6.07 Å². The first kappa shape index (κ1) is 19.4. The van der Waals surface area contributed by atoms with E-state index >= 15 is 0 Å². The molecule has 0 saturated carbocycles. The van der Waals surface area contributed by atoms with Crippen LogP contribution < -0.4 is 5.32 Å². The van der Waals surface area contributed by atoms with Crippen LogP contribution >= 0.6 is 0 Å². The van der Waals surface area contributed by atoms with Gasteiger partial charge in [0.15, 0.2) is 6.61 Å². The summed E-state index contributed by atoms with van der Waals surface area (Å²) in [6.45, 7) is 0.610. The molecule has 1 N–H and O–H groups in total. The average molecular weight is 370 g/mol. The smallest absolute Gasteiger partial charge is 0.309 e. The minimum atomic E-state index is -3.59. The normalized spacial score (nSPS) is 15.8. The van der Waals surface area contributed by atoms with Gasteiger partial charge in [-0.15, -0.1) is 0 Å². The molecule has 0 aromatic heterocycles. The highest BCUT2D eigenvalue weighted by atomic mass is 32.2. The molecule has 1 aliphatic heterocycles. The lowest BCUT2D eigenvalue weighted by Crippen LogP contribution is -2.28. The van der Waals surface area contributed by atoms with Crippen LogP contribution in [0.1, 0.15) is 12.8 Å². The molecule has 1 saturated heterocycles. The summed E-state index contributed by atoms with van der Waals surface area (Å²) in [7, 11) is -0.737. The molecule has 1 fully saturated rings. The van der Waals surface area contributed by atoms with E-state index in [1.807, 2.05) is 0 Å². The number of esters is 1. The summed E-state index contributed by atoms with van der Waals surface area (Å²) < 4.78 is 35.5. The van der Waals surface area contributed by atoms with E-state index in [4.69, 9.17) is 9.47 Å². The van der Waals surface area contributed by atoms with Crippen molar-refractivity contribution in [1.29, 1.82) is 0 Å². The number of ether oxygens (including phenoxy) is 2. The fourth-order valence-corrected chi connectivity index (χ4v) is 3.28. The molecule has 0 atom stereocenters. The summed E-state index contributed by atoms with van der Waals surface area (Å²) in [5.74, 6) is -1.18. The standard InChI is InChI=1S/C16H22N2O6S/c1-18(2)25(21,22)14-5-3-4-13(10-14)17-15(19)11-24-16(20)12-6-8-23-9-7-12/h3-5,10,12H,6-9,11H2,1-2H3,(H,17,19). The van der Waals surface area contributed by atoms with Crippen LogP contribution in [-0.2, 0) is 29.1 Å². The molecule has 1 aliphatic rings. The number of nitrogens with one attached hydrogen (secondary N) is 1. The average Bonchev–Trinajstić information content (AvgIpc) is 2.60. The zero-order chi connectivity index (χ0) is 18.4. The van der Waals surface area contributed by atoms with Crippen molar-refractivity contribution >= 4 is 27.6 Å². The molecule has 0 spiro atoms. The Kier molecular flexibility index (Phi) is 6.51. The lowest BCUT2D eigenvalue weighted by Gasteiger charge is -2.20. The van der Waals surface area contributed by atoms with Crippen LogP contribution in [0.4, 0.5) is 5.69 Å². The lowest BCUT2D eigenvalue weighted by molar-refractivity contribution is -0.154. The Morgan fingerprint density at radius 3 is 2.60 bits per heavy atom. The summed E-state index contributed by atoms with van der Waals surface area (Å²) in [6, 6.07) is 5.89. The van der Waals surface area contributed by atoms with Crippen molar-refractivity contribution in [3.63, 3.8) is 0 Å². The maximum Gasteiger partial charge on any atom is 0.309 e. The minimum Gasteiger partial charge on any atom is -0.455 e. The SMILES string of the molecule is CN(C)S(=O)(=O)c1cccc(NC(=O)COC(=O)C2CCOCC2)c1. The first-order chi connectivity index (χ1) is 11.8. The van der Waals surface area contributed by atoms with Crippen LogP contribution in [0.2, 0.25) is 0 Å². The number of amides is 1. The number of benzene rings is 1. The van der Waals surface area contributed by atoms with Gasteiger partial charge in [-0.05, 0) is 31.0 Å². The number of anilines is 1. The van der Waals surface area contributed by atoms with Crippen molar-refractivity contribution in [2.45, 2.75) is 17.7 Å². The number of sulfonamides is 1. The Hall–Kier alpha value is -1.97. The van der Waals surface area contributed by atoms with Crippen molar-refractivity contribution in [1.82, 2.24) is 4.31 Å². The van der Waals surface area contributed by atoms with E-state index in [0.717, 1.165) is 4.31 Å². The molecule has 1 amide bonds. The molecule has 0 bridgehead atoms.